The Labute approximate surface area is 112 Å². The summed E-state index contributed by atoms with van der Waals surface area (Å²) in [6.07, 6.45) is 6.27. The molecular formula is C15H17N3O. The van der Waals surface area contributed by atoms with E-state index >= 15 is 0 Å². The van der Waals surface area contributed by atoms with Crippen molar-refractivity contribution < 1.29 is 4.74 Å². The van der Waals surface area contributed by atoms with Crippen LogP contribution in [0.4, 0.5) is 0 Å². The minimum atomic E-state index is 0.109. The molecule has 3 rings (SSSR count). The molecule has 1 aliphatic rings. The second kappa shape index (κ2) is 5.36. The van der Waals surface area contributed by atoms with Crippen LogP contribution in [-0.2, 0) is 0 Å². The molecule has 1 unspecified atom stereocenters. The van der Waals surface area contributed by atoms with Crippen LogP contribution >= 0.6 is 0 Å². The largest absolute Gasteiger partial charge is 0.490 e. The van der Waals surface area contributed by atoms with E-state index in [-0.39, 0.29) is 6.04 Å². The molecule has 0 amide bonds. The molecule has 1 atom stereocenters. The quantitative estimate of drug-likeness (QED) is 0.890. The molecule has 2 aromatic rings. The maximum atomic E-state index is 5.84. The minimum Gasteiger partial charge on any atom is -0.490 e. The maximum Gasteiger partial charge on any atom is 0.120 e. The van der Waals surface area contributed by atoms with E-state index in [9.17, 15) is 0 Å². The monoisotopic (exact) mass is 255 g/mol. The van der Waals surface area contributed by atoms with Crippen molar-refractivity contribution in [2.45, 2.75) is 25.0 Å². The Kier molecular flexibility index (Phi) is 3.42. The van der Waals surface area contributed by atoms with Gasteiger partial charge in [0.05, 0.1) is 18.3 Å². The molecule has 0 saturated heterocycles. The van der Waals surface area contributed by atoms with Crippen molar-refractivity contribution in [1.29, 1.82) is 0 Å². The first-order chi connectivity index (χ1) is 9.36. The summed E-state index contributed by atoms with van der Waals surface area (Å²) in [5.74, 6) is 0.947. The number of ether oxygens (including phenoxy) is 1. The average molecular weight is 255 g/mol. The zero-order chi connectivity index (χ0) is 13.1. The van der Waals surface area contributed by atoms with E-state index in [0.717, 1.165) is 11.3 Å². The molecule has 1 aromatic heterocycles. The van der Waals surface area contributed by atoms with Crippen molar-refractivity contribution in [2.75, 3.05) is 7.05 Å². The van der Waals surface area contributed by atoms with Crippen LogP contribution in [0.3, 0.4) is 0 Å². The lowest BCUT2D eigenvalue weighted by atomic mass is 10.0. The van der Waals surface area contributed by atoms with E-state index < -0.39 is 0 Å². The maximum absolute atomic E-state index is 5.84. The molecule has 0 radical (unpaired) electrons. The molecule has 1 saturated carbocycles. The summed E-state index contributed by atoms with van der Waals surface area (Å²) in [6.45, 7) is 0. The Balaban J connectivity index is 1.86. The highest BCUT2D eigenvalue weighted by atomic mass is 16.5. The van der Waals surface area contributed by atoms with E-state index in [1.165, 1.54) is 18.4 Å². The van der Waals surface area contributed by atoms with Gasteiger partial charge < -0.3 is 10.1 Å². The molecule has 1 heterocycles. The van der Waals surface area contributed by atoms with Crippen LogP contribution in [0.5, 0.6) is 5.75 Å². The number of nitrogens with one attached hydrogen (secondary N) is 1. The van der Waals surface area contributed by atoms with Crippen molar-refractivity contribution in [3.63, 3.8) is 0 Å². The van der Waals surface area contributed by atoms with Crippen LogP contribution in [0.2, 0.25) is 0 Å². The minimum absolute atomic E-state index is 0.109. The standard InChI is InChI=1S/C15H17N3O/c1-16-15(12-7-8-17-18-10-12)11-3-2-4-14(9-11)19-13-5-6-13/h2-4,7-10,13,15-16H,5-6H2,1H3. The molecule has 0 aliphatic heterocycles. The molecule has 0 bridgehead atoms. The van der Waals surface area contributed by atoms with Gasteiger partial charge in [-0.2, -0.15) is 10.2 Å². The molecule has 19 heavy (non-hydrogen) atoms. The molecule has 1 aliphatic carbocycles. The van der Waals surface area contributed by atoms with Crippen LogP contribution in [0.1, 0.15) is 30.0 Å². The fraction of sp³-hybridized carbons (Fsp3) is 0.333. The Hall–Kier alpha value is -1.94. The molecule has 1 N–H and O–H groups in total. The highest BCUT2D eigenvalue weighted by molar-refractivity contribution is 5.35. The second-order valence-corrected chi connectivity index (χ2v) is 4.79. The Bertz CT molecular complexity index is 540. The second-order valence-electron chi connectivity index (χ2n) is 4.79. The number of hydrogen-bond acceptors (Lipinski definition) is 4. The fourth-order valence-electron chi connectivity index (χ4n) is 2.14. The van der Waals surface area contributed by atoms with Gasteiger partial charge in [-0.3, -0.25) is 0 Å². The predicted molar refractivity (Wildman–Crippen MR) is 73.0 cm³/mol. The summed E-state index contributed by atoms with van der Waals surface area (Å²) < 4.78 is 5.84. The fourth-order valence-corrected chi connectivity index (χ4v) is 2.14. The lowest BCUT2D eigenvalue weighted by molar-refractivity contribution is 0.302. The van der Waals surface area contributed by atoms with Gasteiger partial charge in [0.1, 0.15) is 5.75 Å². The van der Waals surface area contributed by atoms with Crippen LogP contribution < -0.4 is 10.1 Å². The molecular weight excluding hydrogens is 238 g/mol. The van der Waals surface area contributed by atoms with Gasteiger partial charge in [0.25, 0.3) is 0 Å². The highest BCUT2D eigenvalue weighted by Gasteiger charge is 2.23. The third kappa shape index (κ3) is 2.90. The van der Waals surface area contributed by atoms with E-state index in [1.54, 1.807) is 12.4 Å². The first-order valence-electron chi connectivity index (χ1n) is 6.57. The molecule has 4 nitrogen and oxygen atoms in total. The van der Waals surface area contributed by atoms with Gasteiger partial charge in [0.2, 0.25) is 0 Å². The van der Waals surface area contributed by atoms with Crippen molar-refractivity contribution in [3.05, 3.63) is 53.9 Å². The summed E-state index contributed by atoms with van der Waals surface area (Å²) in [5.41, 5.74) is 2.27. The molecule has 98 valence electrons. The zero-order valence-corrected chi connectivity index (χ0v) is 10.9. The van der Waals surface area contributed by atoms with Crippen LogP contribution in [0.15, 0.2) is 42.7 Å². The van der Waals surface area contributed by atoms with E-state index in [1.807, 2.05) is 25.2 Å². The lowest BCUT2D eigenvalue weighted by Crippen LogP contribution is -2.18. The number of rotatable bonds is 5. The first kappa shape index (κ1) is 12.1. The van der Waals surface area contributed by atoms with E-state index in [0.29, 0.717) is 6.10 Å². The third-order valence-electron chi connectivity index (χ3n) is 3.25. The van der Waals surface area contributed by atoms with Gasteiger partial charge in [-0.05, 0) is 49.2 Å². The van der Waals surface area contributed by atoms with Crippen LogP contribution in [0, 0.1) is 0 Å². The van der Waals surface area contributed by atoms with E-state index in [4.69, 9.17) is 4.74 Å². The Morgan fingerprint density at radius 3 is 2.79 bits per heavy atom. The Morgan fingerprint density at radius 2 is 2.11 bits per heavy atom. The van der Waals surface area contributed by atoms with Gasteiger partial charge in [-0.15, -0.1) is 0 Å². The molecule has 4 heteroatoms. The van der Waals surface area contributed by atoms with Crippen molar-refractivity contribution in [2.24, 2.45) is 0 Å². The average Bonchev–Trinajstić information content (AvgIpc) is 3.25. The SMILES string of the molecule is CNC(c1ccnnc1)c1cccc(OC2CC2)c1. The molecule has 1 aromatic carbocycles. The molecule has 1 fully saturated rings. The van der Waals surface area contributed by atoms with Gasteiger partial charge in [-0.1, -0.05) is 12.1 Å². The summed E-state index contributed by atoms with van der Waals surface area (Å²) in [6, 6.07) is 10.3. The smallest absolute Gasteiger partial charge is 0.120 e. The molecule has 0 spiro atoms. The summed E-state index contributed by atoms with van der Waals surface area (Å²) in [5, 5.41) is 11.1. The Morgan fingerprint density at radius 1 is 1.21 bits per heavy atom. The van der Waals surface area contributed by atoms with Crippen molar-refractivity contribution in [1.82, 2.24) is 15.5 Å². The number of hydrogen-bond donors (Lipinski definition) is 1. The van der Waals surface area contributed by atoms with Gasteiger partial charge >= 0.3 is 0 Å². The lowest BCUT2D eigenvalue weighted by Gasteiger charge is -2.17. The normalized spacial score (nSPS) is 16.1. The zero-order valence-electron chi connectivity index (χ0n) is 10.9. The van der Waals surface area contributed by atoms with Crippen molar-refractivity contribution in [3.8, 4) is 5.75 Å². The van der Waals surface area contributed by atoms with Crippen LogP contribution in [-0.4, -0.2) is 23.3 Å². The van der Waals surface area contributed by atoms with E-state index in [2.05, 4.69) is 27.6 Å². The highest BCUT2D eigenvalue weighted by Crippen LogP contribution is 2.29. The summed E-state index contributed by atoms with van der Waals surface area (Å²) in [7, 11) is 1.94. The third-order valence-corrected chi connectivity index (χ3v) is 3.25. The number of aromatic nitrogens is 2. The van der Waals surface area contributed by atoms with Gasteiger partial charge in [0, 0.05) is 6.20 Å². The summed E-state index contributed by atoms with van der Waals surface area (Å²) >= 11 is 0. The number of nitrogens with zero attached hydrogens (tertiary/aromatic N) is 2. The van der Waals surface area contributed by atoms with Crippen LogP contribution in [0.25, 0.3) is 0 Å². The topological polar surface area (TPSA) is 47.0 Å². The first-order valence-corrected chi connectivity index (χ1v) is 6.57. The van der Waals surface area contributed by atoms with Gasteiger partial charge in [0.15, 0.2) is 0 Å². The summed E-state index contributed by atoms with van der Waals surface area (Å²) in [4.78, 5) is 0. The van der Waals surface area contributed by atoms with Crippen molar-refractivity contribution >= 4 is 0 Å². The number of benzene rings is 1. The predicted octanol–water partition coefficient (Wildman–Crippen LogP) is 2.33. The van der Waals surface area contributed by atoms with Gasteiger partial charge in [-0.25, -0.2) is 0 Å².